The topological polar surface area (TPSA) is 54.4 Å². The SMILES string of the molecule is CCCCCc1c(S(=O)(=O)O)ccc2ccccc12. The Labute approximate surface area is 114 Å². The highest BCUT2D eigenvalue weighted by atomic mass is 32.2. The van der Waals surface area contributed by atoms with Gasteiger partial charge in [-0.15, -0.1) is 0 Å². The summed E-state index contributed by atoms with van der Waals surface area (Å²) in [7, 11) is -4.16. The van der Waals surface area contributed by atoms with Crippen LogP contribution in [0.2, 0.25) is 0 Å². The molecule has 0 radical (unpaired) electrons. The highest BCUT2D eigenvalue weighted by Crippen LogP contribution is 2.27. The first kappa shape index (κ1) is 14.0. The van der Waals surface area contributed by atoms with Gasteiger partial charge in [-0.25, -0.2) is 0 Å². The van der Waals surface area contributed by atoms with Gasteiger partial charge in [-0.3, -0.25) is 4.55 Å². The van der Waals surface area contributed by atoms with Crippen molar-refractivity contribution >= 4 is 20.9 Å². The fourth-order valence-electron chi connectivity index (χ4n) is 2.37. The minimum absolute atomic E-state index is 0.0438. The monoisotopic (exact) mass is 278 g/mol. The van der Waals surface area contributed by atoms with E-state index in [0.717, 1.165) is 35.6 Å². The molecule has 0 saturated carbocycles. The van der Waals surface area contributed by atoms with Gasteiger partial charge in [0.15, 0.2) is 0 Å². The molecule has 0 unspecified atom stereocenters. The summed E-state index contributed by atoms with van der Waals surface area (Å²) in [6.07, 6.45) is 3.72. The van der Waals surface area contributed by atoms with E-state index >= 15 is 0 Å². The van der Waals surface area contributed by atoms with Crippen molar-refractivity contribution in [3.05, 3.63) is 42.0 Å². The molecular formula is C15H18O3S. The summed E-state index contributed by atoms with van der Waals surface area (Å²) in [5.41, 5.74) is 0.731. The van der Waals surface area contributed by atoms with Crippen LogP contribution >= 0.6 is 0 Å². The molecule has 1 N–H and O–H groups in total. The molecule has 0 aliphatic heterocycles. The third-order valence-corrected chi connectivity index (χ3v) is 4.24. The molecule has 2 aromatic rings. The van der Waals surface area contributed by atoms with Crippen molar-refractivity contribution in [3.8, 4) is 0 Å². The van der Waals surface area contributed by atoms with Crippen LogP contribution in [-0.4, -0.2) is 13.0 Å². The summed E-state index contributed by atoms with van der Waals surface area (Å²) in [6.45, 7) is 2.10. The Bertz CT molecular complexity index is 675. The minimum Gasteiger partial charge on any atom is -0.282 e. The van der Waals surface area contributed by atoms with E-state index in [0.29, 0.717) is 6.42 Å². The maximum atomic E-state index is 11.5. The first-order chi connectivity index (χ1) is 9.04. The number of hydrogen-bond acceptors (Lipinski definition) is 2. The predicted molar refractivity (Wildman–Crippen MR) is 77.0 cm³/mol. The normalized spacial score (nSPS) is 11.9. The second-order valence-corrected chi connectivity index (χ2v) is 6.09. The van der Waals surface area contributed by atoms with Gasteiger partial charge in [0.1, 0.15) is 0 Å². The molecule has 0 fully saturated rings. The second-order valence-electron chi connectivity index (χ2n) is 4.70. The van der Waals surface area contributed by atoms with Crippen molar-refractivity contribution in [3.63, 3.8) is 0 Å². The third-order valence-electron chi connectivity index (χ3n) is 3.31. The molecule has 0 spiro atoms. The van der Waals surface area contributed by atoms with E-state index in [1.54, 1.807) is 6.07 Å². The lowest BCUT2D eigenvalue weighted by Crippen LogP contribution is -2.04. The highest BCUT2D eigenvalue weighted by Gasteiger charge is 2.17. The van der Waals surface area contributed by atoms with Crippen LogP contribution in [0.4, 0.5) is 0 Å². The molecule has 4 heteroatoms. The van der Waals surface area contributed by atoms with E-state index in [1.165, 1.54) is 6.07 Å². The van der Waals surface area contributed by atoms with Gasteiger partial charge in [0.2, 0.25) is 0 Å². The Balaban J connectivity index is 2.58. The third kappa shape index (κ3) is 3.14. The molecule has 2 aromatic carbocycles. The average Bonchev–Trinajstić information content (AvgIpc) is 2.37. The van der Waals surface area contributed by atoms with Gasteiger partial charge in [0.05, 0.1) is 4.90 Å². The molecule has 0 amide bonds. The van der Waals surface area contributed by atoms with E-state index in [9.17, 15) is 13.0 Å². The fraction of sp³-hybridized carbons (Fsp3) is 0.333. The van der Waals surface area contributed by atoms with Crippen molar-refractivity contribution in [2.24, 2.45) is 0 Å². The quantitative estimate of drug-likeness (QED) is 0.668. The molecule has 0 heterocycles. The van der Waals surface area contributed by atoms with Crippen molar-refractivity contribution in [2.75, 3.05) is 0 Å². The fourth-order valence-corrected chi connectivity index (χ4v) is 3.13. The maximum absolute atomic E-state index is 11.5. The number of hydrogen-bond donors (Lipinski definition) is 1. The molecule has 2 rings (SSSR count). The molecule has 102 valence electrons. The molecule has 0 saturated heterocycles. The minimum atomic E-state index is -4.16. The lowest BCUT2D eigenvalue weighted by molar-refractivity contribution is 0.482. The van der Waals surface area contributed by atoms with Crippen LogP contribution in [-0.2, 0) is 16.5 Å². The van der Waals surface area contributed by atoms with Gasteiger partial charge in [-0.05, 0) is 35.2 Å². The summed E-state index contributed by atoms with van der Waals surface area (Å²) >= 11 is 0. The zero-order valence-electron chi connectivity index (χ0n) is 11.0. The van der Waals surface area contributed by atoms with Gasteiger partial charge in [0.25, 0.3) is 10.1 Å². The van der Waals surface area contributed by atoms with Crippen LogP contribution in [0, 0.1) is 0 Å². The number of unbranched alkanes of at least 4 members (excludes halogenated alkanes) is 2. The molecule has 0 bridgehead atoms. The van der Waals surface area contributed by atoms with Crippen LogP contribution in [0.15, 0.2) is 41.3 Å². The van der Waals surface area contributed by atoms with Crippen molar-refractivity contribution < 1.29 is 13.0 Å². The van der Waals surface area contributed by atoms with Gasteiger partial charge in [-0.2, -0.15) is 8.42 Å². The molecule has 3 nitrogen and oxygen atoms in total. The summed E-state index contributed by atoms with van der Waals surface area (Å²) < 4.78 is 32.3. The average molecular weight is 278 g/mol. The van der Waals surface area contributed by atoms with Crippen molar-refractivity contribution in [2.45, 2.75) is 37.5 Å². The maximum Gasteiger partial charge on any atom is 0.294 e. The first-order valence-electron chi connectivity index (χ1n) is 6.52. The molecule has 0 aliphatic carbocycles. The van der Waals surface area contributed by atoms with E-state index in [2.05, 4.69) is 6.92 Å². The van der Waals surface area contributed by atoms with Gasteiger partial charge in [-0.1, -0.05) is 50.1 Å². The van der Waals surface area contributed by atoms with Crippen molar-refractivity contribution in [1.82, 2.24) is 0 Å². The first-order valence-corrected chi connectivity index (χ1v) is 7.96. The lowest BCUT2D eigenvalue weighted by Gasteiger charge is -2.11. The van der Waals surface area contributed by atoms with Crippen LogP contribution in [0.1, 0.15) is 31.7 Å². The van der Waals surface area contributed by atoms with Gasteiger partial charge < -0.3 is 0 Å². The van der Waals surface area contributed by atoms with Crippen LogP contribution in [0.3, 0.4) is 0 Å². The molecule has 0 aliphatic rings. The summed E-state index contributed by atoms with van der Waals surface area (Å²) in [6, 6.07) is 10.9. The lowest BCUT2D eigenvalue weighted by atomic mass is 10.00. The Hall–Kier alpha value is -1.39. The zero-order valence-corrected chi connectivity index (χ0v) is 11.8. The second kappa shape index (κ2) is 5.72. The summed E-state index contributed by atoms with van der Waals surface area (Å²) in [4.78, 5) is 0.0438. The highest BCUT2D eigenvalue weighted by molar-refractivity contribution is 7.85. The predicted octanol–water partition coefficient (Wildman–Crippen LogP) is 3.82. The van der Waals surface area contributed by atoms with Gasteiger partial charge >= 0.3 is 0 Å². The number of benzene rings is 2. The zero-order chi connectivity index (χ0) is 13.9. The Morgan fingerprint density at radius 1 is 1.05 bits per heavy atom. The van der Waals surface area contributed by atoms with Crippen LogP contribution < -0.4 is 0 Å². The molecular weight excluding hydrogens is 260 g/mol. The Kier molecular flexibility index (Phi) is 4.22. The van der Waals surface area contributed by atoms with Crippen LogP contribution in [0.25, 0.3) is 10.8 Å². The summed E-state index contributed by atoms with van der Waals surface area (Å²) in [5, 5.41) is 1.91. The van der Waals surface area contributed by atoms with E-state index < -0.39 is 10.1 Å². The van der Waals surface area contributed by atoms with E-state index in [4.69, 9.17) is 0 Å². The Morgan fingerprint density at radius 2 is 1.79 bits per heavy atom. The Morgan fingerprint density at radius 3 is 2.47 bits per heavy atom. The van der Waals surface area contributed by atoms with Crippen molar-refractivity contribution in [1.29, 1.82) is 0 Å². The summed E-state index contributed by atoms with van der Waals surface area (Å²) in [5.74, 6) is 0. The number of aryl methyl sites for hydroxylation is 1. The smallest absolute Gasteiger partial charge is 0.282 e. The number of fused-ring (bicyclic) bond motifs is 1. The molecule has 0 aromatic heterocycles. The number of rotatable bonds is 5. The molecule has 0 atom stereocenters. The van der Waals surface area contributed by atoms with Crippen LogP contribution in [0.5, 0.6) is 0 Å². The largest absolute Gasteiger partial charge is 0.294 e. The van der Waals surface area contributed by atoms with E-state index in [-0.39, 0.29) is 4.90 Å². The standard InChI is InChI=1S/C15H18O3S/c1-2-3-4-9-14-13-8-6-5-7-12(13)10-11-15(14)19(16,17)18/h5-8,10-11H,2-4,9H2,1H3,(H,16,17,18). The van der Waals surface area contributed by atoms with Gasteiger partial charge in [0, 0.05) is 0 Å². The van der Waals surface area contributed by atoms with E-state index in [1.807, 2.05) is 24.3 Å². The molecule has 19 heavy (non-hydrogen) atoms.